The van der Waals surface area contributed by atoms with Gasteiger partial charge in [-0.1, -0.05) is 6.92 Å². The number of anilines is 2. The first-order valence-electron chi connectivity index (χ1n) is 6.57. The lowest BCUT2D eigenvalue weighted by atomic mass is 10.4. The average molecular weight is 264 g/mol. The van der Waals surface area contributed by atoms with Crippen molar-refractivity contribution in [2.24, 2.45) is 5.92 Å². The van der Waals surface area contributed by atoms with E-state index in [1.807, 2.05) is 20.0 Å². The standard InChI is InChI=1S/C13H20N4O2/c1-4-5-17(3)12-7-11(14-8(2)15-12)16-10-6-9(10)13(18)19/h7,9-10H,4-6H2,1-3H3,(H,18,19)(H,14,15,16). The highest BCUT2D eigenvalue weighted by Crippen LogP contribution is 2.33. The summed E-state index contributed by atoms with van der Waals surface area (Å²) in [5.74, 6) is 1.23. The summed E-state index contributed by atoms with van der Waals surface area (Å²) in [6.07, 6.45) is 1.71. The zero-order chi connectivity index (χ0) is 14.0. The summed E-state index contributed by atoms with van der Waals surface area (Å²) in [7, 11) is 1.99. The van der Waals surface area contributed by atoms with Crippen LogP contribution in [0.3, 0.4) is 0 Å². The Hall–Kier alpha value is -1.85. The second-order valence-corrected chi connectivity index (χ2v) is 5.01. The predicted molar refractivity (Wildman–Crippen MR) is 73.5 cm³/mol. The summed E-state index contributed by atoms with van der Waals surface area (Å²) in [5.41, 5.74) is 0. The number of nitrogens with one attached hydrogen (secondary N) is 1. The van der Waals surface area contributed by atoms with Crippen LogP contribution in [0.4, 0.5) is 11.6 Å². The number of aliphatic carboxylic acids is 1. The van der Waals surface area contributed by atoms with Gasteiger partial charge in [-0.2, -0.15) is 0 Å². The van der Waals surface area contributed by atoms with Crippen LogP contribution in [0.1, 0.15) is 25.6 Å². The van der Waals surface area contributed by atoms with E-state index in [2.05, 4.69) is 27.1 Å². The number of rotatable bonds is 6. The maximum atomic E-state index is 10.8. The molecule has 2 atom stereocenters. The zero-order valence-corrected chi connectivity index (χ0v) is 11.6. The van der Waals surface area contributed by atoms with Crippen LogP contribution in [0.5, 0.6) is 0 Å². The monoisotopic (exact) mass is 264 g/mol. The highest BCUT2D eigenvalue weighted by atomic mass is 16.4. The van der Waals surface area contributed by atoms with Gasteiger partial charge in [0, 0.05) is 25.7 Å². The van der Waals surface area contributed by atoms with E-state index in [-0.39, 0.29) is 12.0 Å². The average Bonchev–Trinajstić information content (AvgIpc) is 3.08. The molecule has 0 saturated heterocycles. The van der Waals surface area contributed by atoms with E-state index in [9.17, 15) is 4.79 Å². The molecule has 1 aliphatic rings. The Morgan fingerprint density at radius 3 is 2.89 bits per heavy atom. The van der Waals surface area contributed by atoms with Gasteiger partial charge >= 0.3 is 5.97 Å². The molecule has 0 aromatic carbocycles. The molecule has 104 valence electrons. The minimum absolute atomic E-state index is 0.00358. The fraction of sp³-hybridized carbons (Fsp3) is 0.615. The number of carbonyl (C=O) groups is 1. The number of carboxylic acid groups (broad SMARTS) is 1. The SMILES string of the molecule is CCCN(C)c1cc(NC2CC2C(=O)O)nc(C)n1. The predicted octanol–water partition coefficient (Wildman–Crippen LogP) is 1.52. The van der Waals surface area contributed by atoms with Crippen molar-refractivity contribution in [2.45, 2.75) is 32.7 Å². The van der Waals surface area contributed by atoms with Crippen molar-refractivity contribution in [2.75, 3.05) is 23.8 Å². The molecule has 1 aromatic heterocycles. The third-order valence-electron chi connectivity index (χ3n) is 3.22. The van der Waals surface area contributed by atoms with Gasteiger partial charge in [0.05, 0.1) is 5.92 Å². The molecule has 0 spiro atoms. The fourth-order valence-corrected chi connectivity index (χ4v) is 2.09. The van der Waals surface area contributed by atoms with Crippen molar-refractivity contribution in [3.05, 3.63) is 11.9 Å². The molecule has 1 saturated carbocycles. The van der Waals surface area contributed by atoms with E-state index in [4.69, 9.17) is 5.11 Å². The van der Waals surface area contributed by atoms with Crippen LogP contribution in [0.15, 0.2) is 6.07 Å². The number of carboxylic acids is 1. The largest absolute Gasteiger partial charge is 0.481 e. The quantitative estimate of drug-likeness (QED) is 0.811. The molecule has 1 fully saturated rings. The molecule has 1 aromatic rings. The maximum absolute atomic E-state index is 10.8. The first-order valence-corrected chi connectivity index (χ1v) is 6.57. The second kappa shape index (κ2) is 5.42. The Morgan fingerprint density at radius 1 is 1.58 bits per heavy atom. The molecule has 19 heavy (non-hydrogen) atoms. The third-order valence-corrected chi connectivity index (χ3v) is 3.22. The molecular formula is C13H20N4O2. The van der Waals surface area contributed by atoms with Crippen molar-refractivity contribution < 1.29 is 9.90 Å². The molecule has 2 rings (SSSR count). The first-order chi connectivity index (χ1) is 9.01. The molecule has 1 heterocycles. The highest BCUT2D eigenvalue weighted by molar-refractivity contribution is 5.75. The highest BCUT2D eigenvalue weighted by Gasteiger charge is 2.43. The number of hydrogen-bond donors (Lipinski definition) is 2. The van der Waals surface area contributed by atoms with Gasteiger partial charge in [0.15, 0.2) is 0 Å². The van der Waals surface area contributed by atoms with Crippen molar-refractivity contribution in [1.82, 2.24) is 9.97 Å². The topological polar surface area (TPSA) is 78.4 Å². The zero-order valence-electron chi connectivity index (χ0n) is 11.6. The van der Waals surface area contributed by atoms with Crippen LogP contribution >= 0.6 is 0 Å². The Labute approximate surface area is 112 Å². The van der Waals surface area contributed by atoms with Crippen LogP contribution < -0.4 is 10.2 Å². The lowest BCUT2D eigenvalue weighted by Crippen LogP contribution is -2.20. The molecule has 2 N–H and O–H groups in total. The minimum atomic E-state index is -0.744. The Balaban J connectivity index is 2.07. The molecular weight excluding hydrogens is 244 g/mol. The van der Waals surface area contributed by atoms with Crippen molar-refractivity contribution in [3.63, 3.8) is 0 Å². The molecule has 0 radical (unpaired) electrons. The van der Waals surface area contributed by atoms with Crippen LogP contribution in [0, 0.1) is 12.8 Å². The molecule has 0 amide bonds. The van der Waals surface area contributed by atoms with E-state index in [1.165, 1.54) is 0 Å². The van der Waals surface area contributed by atoms with Crippen LogP contribution in [-0.2, 0) is 4.79 Å². The van der Waals surface area contributed by atoms with Gasteiger partial charge in [-0.05, 0) is 19.8 Å². The van der Waals surface area contributed by atoms with E-state index < -0.39 is 5.97 Å². The summed E-state index contributed by atoms with van der Waals surface area (Å²) < 4.78 is 0. The minimum Gasteiger partial charge on any atom is -0.481 e. The van der Waals surface area contributed by atoms with Gasteiger partial charge in [-0.15, -0.1) is 0 Å². The molecule has 1 aliphatic carbocycles. The van der Waals surface area contributed by atoms with E-state index >= 15 is 0 Å². The summed E-state index contributed by atoms with van der Waals surface area (Å²) in [4.78, 5) is 21.6. The lowest BCUT2D eigenvalue weighted by molar-refractivity contribution is -0.138. The number of hydrogen-bond acceptors (Lipinski definition) is 5. The lowest BCUT2D eigenvalue weighted by Gasteiger charge is -2.18. The van der Waals surface area contributed by atoms with Gasteiger partial charge in [0.2, 0.25) is 0 Å². The fourth-order valence-electron chi connectivity index (χ4n) is 2.09. The maximum Gasteiger partial charge on any atom is 0.308 e. The van der Waals surface area contributed by atoms with Gasteiger partial charge in [0.1, 0.15) is 17.5 Å². The van der Waals surface area contributed by atoms with Crippen molar-refractivity contribution >= 4 is 17.6 Å². The number of aromatic nitrogens is 2. The summed E-state index contributed by atoms with van der Waals surface area (Å²) in [6, 6.07) is 1.87. The normalized spacial score (nSPS) is 21.0. The molecule has 2 unspecified atom stereocenters. The summed E-state index contributed by atoms with van der Waals surface area (Å²) >= 11 is 0. The first kappa shape index (κ1) is 13.6. The van der Waals surface area contributed by atoms with E-state index in [1.54, 1.807) is 0 Å². The number of nitrogens with zero attached hydrogens (tertiary/aromatic N) is 3. The third kappa shape index (κ3) is 3.33. The molecule has 6 nitrogen and oxygen atoms in total. The van der Waals surface area contributed by atoms with E-state index in [0.717, 1.165) is 18.8 Å². The number of aryl methyl sites for hydroxylation is 1. The van der Waals surface area contributed by atoms with Gasteiger partial charge in [-0.25, -0.2) is 9.97 Å². The molecule has 6 heteroatoms. The van der Waals surface area contributed by atoms with E-state index in [0.29, 0.717) is 18.1 Å². The summed E-state index contributed by atoms with van der Waals surface area (Å²) in [5, 5.41) is 12.1. The smallest absolute Gasteiger partial charge is 0.308 e. The van der Waals surface area contributed by atoms with Crippen LogP contribution in [0.2, 0.25) is 0 Å². The van der Waals surface area contributed by atoms with Gasteiger partial charge < -0.3 is 15.3 Å². The van der Waals surface area contributed by atoms with Crippen LogP contribution in [0.25, 0.3) is 0 Å². The molecule has 0 bridgehead atoms. The molecule has 0 aliphatic heterocycles. The van der Waals surface area contributed by atoms with Gasteiger partial charge in [0.25, 0.3) is 0 Å². The summed E-state index contributed by atoms with van der Waals surface area (Å²) in [6.45, 7) is 4.89. The Bertz CT molecular complexity index is 478. The Kier molecular flexibility index (Phi) is 3.87. The van der Waals surface area contributed by atoms with Gasteiger partial charge in [-0.3, -0.25) is 4.79 Å². The van der Waals surface area contributed by atoms with Crippen molar-refractivity contribution in [3.8, 4) is 0 Å². The van der Waals surface area contributed by atoms with Crippen molar-refractivity contribution in [1.29, 1.82) is 0 Å². The Morgan fingerprint density at radius 2 is 2.32 bits per heavy atom. The second-order valence-electron chi connectivity index (χ2n) is 5.01. The van der Waals surface area contributed by atoms with Crippen LogP contribution in [-0.4, -0.2) is 40.7 Å².